The first kappa shape index (κ1) is 11.9. The van der Waals surface area contributed by atoms with Gasteiger partial charge in [-0.25, -0.2) is 0 Å². The lowest BCUT2D eigenvalue weighted by Gasteiger charge is -2.21. The van der Waals surface area contributed by atoms with Gasteiger partial charge in [0.2, 0.25) is 0 Å². The largest absolute Gasteiger partial charge is 0.395 e. The molecule has 2 nitrogen and oxygen atoms in total. The Bertz CT molecular complexity index is 93.8. The molecule has 0 aromatic heterocycles. The molecule has 0 radical (unpaired) electrons. The number of rotatable bonds is 7. The zero-order chi connectivity index (χ0) is 9.40. The van der Waals surface area contributed by atoms with E-state index in [0.29, 0.717) is 12.6 Å². The first-order chi connectivity index (χ1) is 5.72. The van der Waals surface area contributed by atoms with Crippen LogP contribution in [0.4, 0.5) is 0 Å². The van der Waals surface area contributed by atoms with Gasteiger partial charge < -0.3 is 10.0 Å². The molecule has 0 spiro atoms. The van der Waals surface area contributed by atoms with Crippen molar-refractivity contribution in [2.75, 3.05) is 20.7 Å². The van der Waals surface area contributed by atoms with Crippen molar-refractivity contribution < 1.29 is 5.11 Å². The first-order valence-corrected chi connectivity index (χ1v) is 4.99. The number of hydrogen-bond acceptors (Lipinski definition) is 2. The average molecular weight is 173 g/mol. The van der Waals surface area contributed by atoms with Crippen LogP contribution in [0.3, 0.4) is 0 Å². The second-order valence-corrected chi connectivity index (χ2v) is 3.65. The third kappa shape index (κ3) is 5.56. The van der Waals surface area contributed by atoms with Crippen molar-refractivity contribution in [3.05, 3.63) is 0 Å². The van der Waals surface area contributed by atoms with Crippen molar-refractivity contribution >= 4 is 0 Å². The summed E-state index contributed by atoms with van der Waals surface area (Å²) >= 11 is 0. The Kier molecular flexibility index (Phi) is 7.51. The van der Waals surface area contributed by atoms with E-state index in [-0.39, 0.29) is 0 Å². The van der Waals surface area contributed by atoms with E-state index in [9.17, 15) is 0 Å². The van der Waals surface area contributed by atoms with Crippen LogP contribution in [0.2, 0.25) is 0 Å². The lowest BCUT2D eigenvalue weighted by atomic mass is 10.1. The summed E-state index contributed by atoms with van der Waals surface area (Å²) in [5.41, 5.74) is 0. The van der Waals surface area contributed by atoms with Crippen LogP contribution >= 0.6 is 0 Å². The third-order valence-corrected chi connectivity index (χ3v) is 2.33. The van der Waals surface area contributed by atoms with Crippen molar-refractivity contribution in [1.82, 2.24) is 4.90 Å². The van der Waals surface area contributed by atoms with E-state index in [2.05, 4.69) is 11.8 Å². The van der Waals surface area contributed by atoms with Gasteiger partial charge in [0.1, 0.15) is 0 Å². The SMILES string of the molecule is CCCCCCC(CO)N(C)C. The molecule has 0 aliphatic heterocycles. The fraction of sp³-hybridized carbons (Fsp3) is 1.00. The van der Waals surface area contributed by atoms with E-state index in [0.717, 1.165) is 6.42 Å². The normalized spacial score (nSPS) is 13.8. The zero-order valence-corrected chi connectivity index (χ0v) is 8.71. The van der Waals surface area contributed by atoms with Crippen LogP contribution < -0.4 is 0 Å². The minimum Gasteiger partial charge on any atom is -0.395 e. The molecule has 0 saturated carbocycles. The molecule has 74 valence electrons. The Morgan fingerprint density at radius 2 is 1.83 bits per heavy atom. The lowest BCUT2D eigenvalue weighted by molar-refractivity contribution is 0.159. The maximum absolute atomic E-state index is 9.01. The van der Waals surface area contributed by atoms with Crippen molar-refractivity contribution in [3.63, 3.8) is 0 Å². The van der Waals surface area contributed by atoms with Crippen LogP contribution in [0.1, 0.15) is 39.0 Å². The van der Waals surface area contributed by atoms with Gasteiger partial charge in [-0.05, 0) is 20.5 Å². The topological polar surface area (TPSA) is 23.5 Å². The quantitative estimate of drug-likeness (QED) is 0.594. The molecule has 0 fully saturated rings. The molecule has 0 aliphatic carbocycles. The van der Waals surface area contributed by atoms with Gasteiger partial charge in [-0.3, -0.25) is 0 Å². The Morgan fingerprint density at radius 1 is 1.17 bits per heavy atom. The highest BCUT2D eigenvalue weighted by atomic mass is 16.3. The molecule has 0 rings (SSSR count). The molecule has 0 amide bonds. The van der Waals surface area contributed by atoms with Gasteiger partial charge in [-0.1, -0.05) is 32.6 Å². The molecule has 0 aliphatic rings. The number of hydrogen-bond donors (Lipinski definition) is 1. The molecule has 0 saturated heterocycles. The number of aliphatic hydroxyl groups excluding tert-OH is 1. The third-order valence-electron chi connectivity index (χ3n) is 2.33. The molecule has 2 heteroatoms. The van der Waals surface area contributed by atoms with Crippen molar-refractivity contribution in [2.24, 2.45) is 0 Å². The predicted octanol–water partition coefficient (Wildman–Crippen LogP) is 1.88. The maximum Gasteiger partial charge on any atom is 0.0586 e. The van der Waals surface area contributed by atoms with Gasteiger partial charge in [-0.15, -0.1) is 0 Å². The van der Waals surface area contributed by atoms with Crippen molar-refractivity contribution in [1.29, 1.82) is 0 Å². The second kappa shape index (κ2) is 7.56. The summed E-state index contributed by atoms with van der Waals surface area (Å²) in [6.45, 7) is 2.51. The van der Waals surface area contributed by atoms with Crippen molar-refractivity contribution in [2.45, 2.75) is 45.1 Å². The van der Waals surface area contributed by atoms with Gasteiger partial charge in [0.15, 0.2) is 0 Å². The summed E-state index contributed by atoms with van der Waals surface area (Å²) in [6, 6.07) is 0.363. The molecule has 0 aromatic carbocycles. The number of aliphatic hydroxyl groups is 1. The monoisotopic (exact) mass is 173 g/mol. The van der Waals surface area contributed by atoms with Crippen LogP contribution in [0, 0.1) is 0 Å². The van der Waals surface area contributed by atoms with Crippen LogP contribution in [0.5, 0.6) is 0 Å². The smallest absolute Gasteiger partial charge is 0.0586 e. The van der Waals surface area contributed by atoms with E-state index < -0.39 is 0 Å². The number of unbranched alkanes of at least 4 members (excludes halogenated alkanes) is 3. The van der Waals surface area contributed by atoms with E-state index in [1.54, 1.807) is 0 Å². The van der Waals surface area contributed by atoms with E-state index in [4.69, 9.17) is 5.11 Å². The maximum atomic E-state index is 9.01. The van der Waals surface area contributed by atoms with Crippen LogP contribution in [0.15, 0.2) is 0 Å². The Balaban J connectivity index is 3.32. The predicted molar refractivity (Wildman–Crippen MR) is 53.3 cm³/mol. The molecular weight excluding hydrogens is 150 g/mol. The summed E-state index contributed by atoms with van der Waals surface area (Å²) < 4.78 is 0. The molecule has 1 atom stereocenters. The minimum atomic E-state index is 0.291. The molecule has 1 unspecified atom stereocenters. The molecule has 0 heterocycles. The fourth-order valence-corrected chi connectivity index (χ4v) is 1.32. The van der Waals surface area contributed by atoms with E-state index in [1.807, 2.05) is 14.1 Å². The summed E-state index contributed by atoms with van der Waals surface area (Å²) in [5.74, 6) is 0. The Hall–Kier alpha value is -0.0800. The summed E-state index contributed by atoms with van der Waals surface area (Å²) in [5, 5.41) is 9.01. The zero-order valence-electron chi connectivity index (χ0n) is 8.71. The van der Waals surface area contributed by atoms with Crippen molar-refractivity contribution in [3.8, 4) is 0 Å². The summed E-state index contributed by atoms with van der Waals surface area (Å²) in [4.78, 5) is 2.10. The Labute approximate surface area is 76.6 Å². The van der Waals surface area contributed by atoms with Crippen LogP contribution in [-0.4, -0.2) is 36.8 Å². The first-order valence-electron chi connectivity index (χ1n) is 4.99. The highest BCUT2D eigenvalue weighted by Crippen LogP contribution is 2.07. The van der Waals surface area contributed by atoms with E-state index in [1.165, 1.54) is 25.7 Å². The molecule has 0 aromatic rings. The summed E-state index contributed by atoms with van der Waals surface area (Å²) in [6.07, 6.45) is 6.29. The molecule has 0 bridgehead atoms. The standard InChI is InChI=1S/C10H23NO/c1-4-5-6-7-8-10(9-12)11(2)3/h10,12H,4-9H2,1-3H3. The van der Waals surface area contributed by atoms with Gasteiger partial charge >= 0.3 is 0 Å². The highest BCUT2D eigenvalue weighted by Gasteiger charge is 2.08. The average Bonchev–Trinajstić information content (AvgIpc) is 2.04. The van der Waals surface area contributed by atoms with Gasteiger partial charge in [0.25, 0.3) is 0 Å². The minimum absolute atomic E-state index is 0.291. The number of nitrogens with zero attached hydrogens (tertiary/aromatic N) is 1. The second-order valence-electron chi connectivity index (χ2n) is 3.65. The molecule has 1 N–H and O–H groups in total. The lowest BCUT2D eigenvalue weighted by Crippen LogP contribution is -2.31. The van der Waals surface area contributed by atoms with Gasteiger partial charge in [-0.2, -0.15) is 0 Å². The van der Waals surface area contributed by atoms with Crippen LogP contribution in [-0.2, 0) is 0 Å². The van der Waals surface area contributed by atoms with Gasteiger partial charge in [0, 0.05) is 6.04 Å². The molecular formula is C10H23NO. The summed E-state index contributed by atoms with van der Waals surface area (Å²) in [7, 11) is 4.06. The Morgan fingerprint density at radius 3 is 2.25 bits per heavy atom. The fourth-order valence-electron chi connectivity index (χ4n) is 1.32. The van der Waals surface area contributed by atoms with E-state index >= 15 is 0 Å². The number of likely N-dealkylation sites (N-methyl/N-ethyl adjacent to an activating group) is 1. The van der Waals surface area contributed by atoms with Gasteiger partial charge in [0.05, 0.1) is 6.61 Å². The molecule has 12 heavy (non-hydrogen) atoms. The van der Waals surface area contributed by atoms with Crippen LogP contribution in [0.25, 0.3) is 0 Å². The highest BCUT2D eigenvalue weighted by molar-refractivity contribution is 4.63.